The molecule has 1 aliphatic heterocycles. The Balaban J connectivity index is 1.37. The Labute approximate surface area is 262 Å². The molecule has 0 fully saturated rings. The van der Waals surface area contributed by atoms with Crippen LogP contribution in [0.2, 0.25) is 0 Å². The predicted molar refractivity (Wildman–Crippen MR) is 186 cm³/mol. The molecule has 0 atom stereocenters. The van der Waals surface area contributed by atoms with Crippen molar-refractivity contribution in [2.75, 3.05) is 0 Å². The van der Waals surface area contributed by atoms with Crippen LogP contribution in [0, 0.1) is 0 Å². The Morgan fingerprint density at radius 3 is 2.23 bits per heavy atom. The smallest absolute Gasteiger partial charge is 0.0692 e. The van der Waals surface area contributed by atoms with Crippen molar-refractivity contribution in [3.8, 4) is 16.8 Å². The first kappa shape index (κ1) is 24.5. The highest BCUT2D eigenvalue weighted by molar-refractivity contribution is 8.05. The van der Waals surface area contributed by atoms with Crippen LogP contribution in [0.25, 0.3) is 58.8 Å². The van der Waals surface area contributed by atoms with Crippen LogP contribution < -0.4 is 0 Å². The number of benzene rings is 6. The lowest BCUT2D eigenvalue weighted by Gasteiger charge is -2.22. The lowest BCUT2D eigenvalue weighted by Crippen LogP contribution is -2.15. The Kier molecular flexibility index (Phi) is 4.88. The van der Waals surface area contributed by atoms with Crippen LogP contribution in [0.4, 0.5) is 0 Å². The van der Waals surface area contributed by atoms with Crippen LogP contribution in [0.5, 0.6) is 0 Å². The average Bonchev–Trinajstić information content (AvgIpc) is 3.65. The van der Waals surface area contributed by atoms with Gasteiger partial charge in [0.05, 0.1) is 26.3 Å². The highest BCUT2D eigenvalue weighted by atomic mass is 32.2. The van der Waals surface area contributed by atoms with Crippen molar-refractivity contribution < 1.29 is 0 Å². The second kappa shape index (κ2) is 8.57. The third kappa shape index (κ3) is 3.21. The van der Waals surface area contributed by atoms with Crippen molar-refractivity contribution in [1.29, 1.82) is 0 Å². The molecule has 8 aromatic rings. The molecule has 1 nitrogen and oxygen atoms in total. The van der Waals surface area contributed by atoms with Gasteiger partial charge in [-0.25, -0.2) is 0 Å². The van der Waals surface area contributed by atoms with E-state index in [0.717, 1.165) is 0 Å². The number of hydrogen-bond donors (Lipinski definition) is 0. The van der Waals surface area contributed by atoms with Gasteiger partial charge in [0.2, 0.25) is 0 Å². The Morgan fingerprint density at radius 1 is 0.558 bits per heavy atom. The summed E-state index contributed by atoms with van der Waals surface area (Å²) in [6.45, 7) is 4.77. The molecule has 4 heteroatoms. The second-order valence-electron chi connectivity index (χ2n) is 12.1. The van der Waals surface area contributed by atoms with Crippen molar-refractivity contribution in [1.82, 2.24) is 4.57 Å². The summed E-state index contributed by atoms with van der Waals surface area (Å²) in [4.78, 5) is 5.37. The fourth-order valence-electron chi connectivity index (χ4n) is 7.43. The lowest BCUT2D eigenvalue weighted by atomic mass is 9.82. The summed E-state index contributed by atoms with van der Waals surface area (Å²) in [5.41, 5.74) is 9.39. The molecule has 1 aliphatic carbocycles. The molecule has 10 rings (SSSR count). The molecule has 3 heterocycles. The van der Waals surface area contributed by atoms with E-state index >= 15 is 0 Å². The highest BCUT2D eigenvalue weighted by Crippen LogP contribution is 2.55. The standard InChI is InChI=1S/C39H25NS3/c1-39(2)28-13-5-3-10-22(28)26-20-27-24-18-19-35-38(43-34-17-8-7-16-33(34)41-35)36(24)40(31(27)21-29(26)39)30-14-9-12-25-23-11-4-6-15-32(23)42-37(25)30/h3-21H,1-2H3. The molecule has 6 aromatic carbocycles. The number of nitrogens with zero attached hydrogens (tertiary/aromatic N) is 1. The molecule has 0 saturated carbocycles. The summed E-state index contributed by atoms with van der Waals surface area (Å²) < 4.78 is 5.28. The fourth-order valence-corrected chi connectivity index (χ4v) is 11.0. The van der Waals surface area contributed by atoms with E-state index in [1.165, 1.54) is 89.5 Å². The Morgan fingerprint density at radius 2 is 1.33 bits per heavy atom. The number of hydrogen-bond acceptors (Lipinski definition) is 3. The average molecular weight is 604 g/mol. The van der Waals surface area contributed by atoms with E-state index in [9.17, 15) is 0 Å². The van der Waals surface area contributed by atoms with Crippen LogP contribution in [-0.4, -0.2) is 4.57 Å². The fraction of sp³-hybridized carbons (Fsp3) is 0.0769. The van der Waals surface area contributed by atoms with Crippen LogP contribution >= 0.6 is 34.9 Å². The Hall–Kier alpha value is -3.96. The largest absolute Gasteiger partial charge is 0.307 e. The van der Waals surface area contributed by atoms with E-state index in [1.54, 1.807) is 0 Å². The number of fused-ring (bicyclic) bond motifs is 12. The van der Waals surface area contributed by atoms with Crippen LogP contribution in [-0.2, 0) is 5.41 Å². The third-order valence-electron chi connectivity index (χ3n) is 9.46. The topological polar surface area (TPSA) is 4.93 Å². The summed E-state index contributed by atoms with van der Waals surface area (Å²) in [6.07, 6.45) is 0. The first-order valence-electron chi connectivity index (χ1n) is 14.7. The number of aromatic nitrogens is 1. The van der Waals surface area contributed by atoms with Gasteiger partial charge < -0.3 is 4.57 Å². The molecule has 2 aliphatic rings. The minimum atomic E-state index is -0.0615. The Bertz CT molecular complexity index is 2490. The summed E-state index contributed by atoms with van der Waals surface area (Å²) in [5.74, 6) is 0. The third-order valence-corrected chi connectivity index (χ3v) is 13.3. The maximum Gasteiger partial charge on any atom is 0.0692 e. The summed E-state index contributed by atoms with van der Waals surface area (Å²) in [7, 11) is 0. The van der Waals surface area contributed by atoms with Gasteiger partial charge in [0.15, 0.2) is 0 Å². The molecule has 43 heavy (non-hydrogen) atoms. The zero-order valence-electron chi connectivity index (χ0n) is 23.6. The molecular weight excluding hydrogens is 579 g/mol. The van der Waals surface area contributed by atoms with Crippen molar-refractivity contribution in [3.05, 3.63) is 126 Å². The van der Waals surface area contributed by atoms with Crippen molar-refractivity contribution in [2.45, 2.75) is 38.8 Å². The van der Waals surface area contributed by atoms with Gasteiger partial charge in [-0.05, 0) is 64.7 Å². The number of thiophene rings is 1. The molecule has 0 N–H and O–H groups in total. The maximum absolute atomic E-state index is 2.60. The molecule has 204 valence electrons. The first-order valence-corrected chi connectivity index (χ1v) is 17.1. The van der Waals surface area contributed by atoms with E-state index in [-0.39, 0.29) is 5.41 Å². The predicted octanol–water partition coefficient (Wildman–Crippen LogP) is 12.1. The number of rotatable bonds is 1. The first-order chi connectivity index (χ1) is 21.1. The summed E-state index contributed by atoms with van der Waals surface area (Å²) in [5, 5.41) is 5.32. The molecule has 0 amide bonds. The van der Waals surface area contributed by atoms with E-state index < -0.39 is 0 Å². The van der Waals surface area contributed by atoms with E-state index in [1.807, 2.05) is 34.9 Å². The van der Waals surface area contributed by atoms with Gasteiger partial charge in [-0.3, -0.25) is 0 Å². The molecule has 0 bridgehead atoms. The van der Waals surface area contributed by atoms with Crippen molar-refractivity contribution >= 4 is 76.8 Å². The molecule has 0 spiro atoms. The summed E-state index contributed by atoms with van der Waals surface area (Å²) >= 11 is 5.74. The van der Waals surface area contributed by atoms with Gasteiger partial charge in [-0.2, -0.15) is 0 Å². The van der Waals surface area contributed by atoms with Gasteiger partial charge in [0.25, 0.3) is 0 Å². The van der Waals surface area contributed by atoms with Gasteiger partial charge in [-0.15, -0.1) is 11.3 Å². The van der Waals surface area contributed by atoms with E-state index in [2.05, 4.69) is 134 Å². The highest BCUT2D eigenvalue weighted by Gasteiger charge is 2.36. The molecule has 0 saturated heterocycles. The van der Waals surface area contributed by atoms with Crippen molar-refractivity contribution in [2.24, 2.45) is 0 Å². The summed E-state index contributed by atoms with van der Waals surface area (Å²) in [6, 6.07) is 43.2. The van der Waals surface area contributed by atoms with E-state index in [0.29, 0.717) is 0 Å². The zero-order chi connectivity index (χ0) is 28.4. The molecule has 0 unspecified atom stereocenters. The van der Waals surface area contributed by atoms with Crippen LogP contribution in [0.3, 0.4) is 0 Å². The monoisotopic (exact) mass is 603 g/mol. The van der Waals surface area contributed by atoms with Crippen LogP contribution in [0.15, 0.2) is 135 Å². The minimum Gasteiger partial charge on any atom is -0.307 e. The quantitative estimate of drug-likeness (QED) is 0.184. The van der Waals surface area contributed by atoms with Gasteiger partial charge >= 0.3 is 0 Å². The molecule has 0 radical (unpaired) electrons. The van der Waals surface area contributed by atoms with Gasteiger partial charge in [-0.1, -0.05) is 110 Å². The minimum absolute atomic E-state index is 0.0615. The van der Waals surface area contributed by atoms with Crippen molar-refractivity contribution in [3.63, 3.8) is 0 Å². The SMILES string of the molecule is CC1(C)c2ccccc2-c2cc3c4ccc5c(c4n(-c4cccc6c4sc4ccccc46)c3cc21)Sc1ccccc1S5. The van der Waals surface area contributed by atoms with Gasteiger partial charge in [0, 0.05) is 46.3 Å². The normalized spacial score (nSPS) is 14.7. The molecule has 2 aromatic heterocycles. The lowest BCUT2D eigenvalue weighted by molar-refractivity contribution is 0.661. The second-order valence-corrected chi connectivity index (χ2v) is 15.3. The van der Waals surface area contributed by atoms with Crippen LogP contribution in [0.1, 0.15) is 25.0 Å². The zero-order valence-corrected chi connectivity index (χ0v) is 26.1. The molecular formula is C39H25NS3. The van der Waals surface area contributed by atoms with E-state index in [4.69, 9.17) is 0 Å². The van der Waals surface area contributed by atoms with Gasteiger partial charge in [0.1, 0.15) is 0 Å². The maximum atomic E-state index is 2.60.